The molecule has 6 nitrogen and oxygen atoms in total. The van der Waals surface area contributed by atoms with Crippen LogP contribution in [-0.4, -0.2) is 26.3 Å². The van der Waals surface area contributed by atoms with Crippen LogP contribution < -0.4 is 4.74 Å². The van der Waals surface area contributed by atoms with Gasteiger partial charge in [0.2, 0.25) is 5.88 Å². The summed E-state index contributed by atoms with van der Waals surface area (Å²) in [4.78, 5) is 8.35. The van der Waals surface area contributed by atoms with Crippen LogP contribution in [0.5, 0.6) is 11.8 Å². The fourth-order valence-electron chi connectivity index (χ4n) is 2.91. The van der Waals surface area contributed by atoms with Gasteiger partial charge in [-0.05, 0) is 29.5 Å². The number of benzene rings is 1. The van der Waals surface area contributed by atoms with Crippen LogP contribution in [0.15, 0.2) is 47.2 Å². The Balaban J connectivity index is 1.32. The first-order chi connectivity index (χ1) is 12.6. The Morgan fingerprint density at radius 3 is 2.46 bits per heavy atom. The summed E-state index contributed by atoms with van der Waals surface area (Å²) in [5.41, 5.74) is 1.52. The molecule has 1 aliphatic rings. The van der Waals surface area contributed by atoms with Gasteiger partial charge in [-0.1, -0.05) is 24.3 Å². The number of hydrogen-bond donors (Lipinski definition) is 1. The second-order valence-corrected chi connectivity index (χ2v) is 6.16. The molecule has 0 aliphatic heterocycles. The van der Waals surface area contributed by atoms with Gasteiger partial charge in [0.1, 0.15) is 11.8 Å². The second-order valence-electron chi connectivity index (χ2n) is 6.16. The summed E-state index contributed by atoms with van der Waals surface area (Å²) in [5, 5.41) is 12.6. The van der Waals surface area contributed by atoms with Crippen LogP contribution >= 0.6 is 0 Å². The zero-order valence-electron chi connectivity index (χ0n) is 13.5. The van der Waals surface area contributed by atoms with E-state index >= 15 is 0 Å². The maximum Gasteiger partial charge on any atom is 0.263 e. The minimum absolute atomic E-state index is 0.0178. The van der Waals surface area contributed by atoms with Crippen LogP contribution in [-0.2, 0) is 0 Å². The summed E-state index contributed by atoms with van der Waals surface area (Å²) >= 11 is 0. The molecule has 0 bridgehead atoms. The molecule has 4 rings (SSSR count). The number of hydrogen-bond acceptors (Lipinski definition) is 6. The van der Waals surface area contributed by atoms with E-state index in [1.807, 2.05) is 0 Å². The molecule has 0 amide bonds. The predicted molar refractivity (Wildman–Crippen MR) is 87.0 cm³/mol. The average molecular weight is 359 g/mol. The van der Waals surface area contributed by atoms with Crippen LogP contribution in [0.2, 0.25) is 0 Å². The standard InChI is InChI=1S/C18H15F2N3O3/c19-18(20)11-3-1-10(2-4-11)12-5-13(6-12)25-17-9-21-14(8-22-17)15-7-16(24)23-26-15/h1-4,7-9,12-13,18H,5-6H2,(H,23,24)/t12-,13+. The minimum Gasteiger partial charge on any atom is -0.491 e. The third kappa shape index (κ3) is 3.35. The smallest absolute Gasteiger partial charge is 0.263 e. The van der Waals surface area contributed by atoms with E-state index in [4.69, 9.17) is 9.26 Å². The molecular formula is C18H15F2N3O3. The SMILES string of the molecule is Oc1cc(-c2cnc(O[C@H]3C[C@@H](c4ccc(C(F)F)cc4)C3)cn2)on1. The van der Waals surface area contributed by atoms with E-state index < -0.39 is 6.43 Å². The van der Waals surface area contributed by atoms with Crippen molar-refractivity contribution >= 4 is 0 Å². The highest BCUT2D eigenvalue weighted by molar-refractivity contribution is 5.51. The molecule has 8 heteroatoms. The normalized spacial score (nSPS) is 19.3. The third-order valence-corrected chi connectivity index (χ3v) is 4.42. The van der Waals surface area contributed by atoms with Crippen LogP contribution in [0.25, 0.3) is 11.5 Å². The number of nitrogens with zero attached hydrogens (tertiary/aromatic N) is 3. The molecule has 3 aromatic rings. The number of halogens is 2. The lowest BCUT2D eigenvalue weighted by Gasteiger charge is -2.35. The lowest BCUT2D eigenvalue weighted by Crippen LogP contribution is -2.32. The predicted octanol–water partition coefficient (Wildman–Crippen LogP) is 4.10. The summed E-state index contributed by atoms with van der Waals surface area (Å²) in [6, 6.07) is 7.80. The lowest BCUT2D eigenvalue weighted by molar-refractivity contribution is 0.0930. The molecular weight excluding hydrogens is 344 g/mol. The Hall–Kier alpha value is -3.03. The number of aromatic hydroxyl groups is 1. The van der Waals surface area contributed by atoms with Gasteiger partial charge in [-0.3, -0.25) is 0 Å². The molecule has 0 saturated heterocycles. The fourth-order valence-corrected chi connectivity index (χ4v) is 2.91. The van der Waals surface area contributed by atoms with E-state index in [9.17, 15) is 13.9 Å². The van der Waals surface area contributed by atoms with Crippen LogP contribution in [0.1, 0.15) is 36.3 Å². The van der Waals surface area contributed by atoms with E-state index in [0.717, 1.165) is 18.4 Å². The Morgan fingerprint density at radius 1 is 1.12 bits per heavy atom. The van der Waals surface area contributed by atoms with Gasteiger partial charge in [0.05, 0.1) is 18.5 Å². The highest BCUT2D eigenvalue weighted by atomic mass is 19.3. The topological polar surface area (TPSA) is 81.3 Å². The van der Waals surface area contributed by atoms with Crippen molar-refractivity contribution in [1.29, 1.82) is 0 Å². The highest BCUT2D eigenvalue weighted by Crippen LogP contribution is 2.39. The quantitative estimate of drug-likeness (QED) is 0.739. The third-order valence-electron chi connectivity index (χ3n) is 4.42. The first-order valence-electron chi connectivity index (χ1n) is 8.11. The Kier molecular flexibility index (Phi) is 4.24. The van der Waals surface area contributed by atoms with Gasteiger partial charge in [0.25, 0.3) is 12.3 Å². The lowest BCUT2D eigenvalue weighted by atomic mass is 9.77. The van der Waals surface area contributed by atoms with Crippen molar-refractivity contribution in [3.63, 3.8) is 0 Å². The maximum absolute atomic E-state index is 12.6. The summed E-state index contributed by atoms with van der Waals surface area (Å²) in [6.45, 7) is 0. The van der Waals surface area contributed by atoms with Crippen molar-refractivity contribution in [2.24, 2.45) is 0 Å². The van der Waals surface area contributed by atoms with Crippen molar-refractivity contribution in [2.75, 3.05) is 0 Å². The molecule has 0 unspecified atom stereocenters. The van der Waals surface area contributed by atoms with Crippen molar-refractivity contribution in [3.05, 3.63) is 53.9 Å². The fraction of sp³-hybridized carbons (Fsp3) is 0.278. The van der Waals surface area contributed by atoms with Gasteiger partial charge in [0.15, 0.2) is 5.76 Å². The summed E-state index contributed by atoms with van der Waals surface area (Å²) < 4.78 is 35.8. The molecule has 0 spiro atoms. The molecule has 1 saturated carbocycles. The monoisotopic (exact) mass is 359 g/mol. The summed E-state index contributed by atoms with van der Waals surface area (Å²) in [7, 11) is 0. The second kappa shape index (κ2) is 6.70. The first kappa shape index (κ1) is 16.4. The van der Waals surface area contributed by atoms with Crippen molar-refractivity contribution in [1.82, 2.24) is 15.1 Å². The van der Waals surface area contributed by atoms with Crippen molar-refractivity contribution in [3.8, 4) is 23.2 Å². The van der Waals surface area contributed by atoms with Crippen molar-refractivity contribution < 1.29 is 23.1 Å². The number of aromatic nitrogens is 3. The first-order valence-corrected chi connectivity index (χ1v) is 8.11. The van der Waals surface area contributed by atoms with E-state index in [0.29, 0.717) is 23.3 Å². The summed E-state index contributed by atoms with van der Waals surface area (Å²) in [5.74, 6) is 0.798. The maximum atomic E-state index is 12.6. The molecule has 2 heterocycles. The summed E-state index contributed by atoms with van der Waals surface area (Å²) in [6.07, 6.45) is 2.14. The van der Waals surface area contributed by atoms with Gasteiger partial charge < -0.3 is 14.4 Å². The van der Waals surface area contributed by atoms with Gasteiger partial charge in [-0.25, -0.2) is 18.7 Å². The van der Waals surface area contributed by atoms with E-state index in [1.54, 1.807) is 12.1 Å². The van der Waals surface area contributed by atoms with E-state index in [1.165, 1.54) is 30.6 Å². The van der Waals surface area contributed by atoms with Crippen LogP contribution in [0.3, 0.4) is 0 Å². The molecule has 0 radical (unpaired) electrons. The average Bonchev–Trinajstić information content (AvgIpc) is 3.05. The molecule has 1 aliphatic carbocycles. The largest absolute Gasteiger partial charge is 0.491 e. The zero-order valence-corrected chi connectivity index (χ0v) is 13.5. The Morgan fingerprint density at radius 2 is 1.88 bits per heavy atom. The van der Waals surface area contributed by atoms with Gasteiger partial charge in [-0.15, -0.1) is 0 Å². The molecule has 2 aromatic heterocycles. The molecule has 1 fully saturated rings. The van der Waals surface area contributed by atoms with Gasteiger partial charge in [-0.2, -0.15) is 0 Å². The molecule has 26 heavy (non-hydrogen) atoms. The molecule has 134 valence electrons. The minimum atomic E-state index is -2.44. The molecule has 0 atom stereocenters. The van der Waals surface area contributed by atoms with E-state index in [2.05, 4.69) is 15.1 Å². The van der Waals surface area contributed by atoms with E-state index in [-0.39, 0.29) is 17.5 Å². The van der Waals surface area contributed by atoms with Crippen LogP contribution in [0.4, 0.5) is 8.78 Å². The molecule has 1 aromatic carbocycles. The van der Waals surface area contributed by atoms with Crippen LogP contribution in [0, 0.1) is 0 Å². The number of ether oxygens (including phenoxy) is 1. The number of rotatable bonds is 5. The number of alkyl halides is 2. The molecule has 1 N–H and O–H groups in total. The Labute approximate surface area is 147 Å². The highest BCUT2D eigenvalue weighted by Gasteiger charge is 2.32. The zero-order chi connectivity index (χ0) is 18.1. The van der Waals surface area contributed by atoms with Gasteiger partial charge in [0, 0.05) is 5.56 Å². The van der Waals surface area contributed by atoms with Crippen molar-refractivity contribution in [2.45, 2.75) is 31.3 Å². The Bertz CT molecular complexity index is 875. The van der Waals surface area contributed by atoms with Gasteiger partial charge >= 0.3 is 0 Å².